The Kier molecular flexibility index (Phi) is 3.47. The fourth-order valence-electron chi connectivity index (χ4n) is 2.40. The Labute approximate surface area is 120 Å². The Morgan fingerprint density at radius 3 is 1.60 bits per heavy atom. The molecule has 0 heterocycles. The average molecular weight is 256 g/mol. The largest absolute Gasteiger partial charge is 0.0985 e. The minimum atomic E-state index is 1.14. The molecule has 0 radical (unpaired) electrons. The second kappa shape index (κ2) is 5.58. The summed E-state index contributed by atoms with van der Waals surface area (Å²) in [6, 6.07) is 27.5. The van der Waals surface area contributed by atoms with Gasteiger partial charge in [-0.05, 0) is 27.8 Å². The van der Waals surface area contributed by atoms with E-state index >= 15 is 0 Å². The summed E-state index contributed by atoms with van der Waals surface area (Å²) in [6.07, 6.45) is 1.87. The van der Waals surface area contributed by atoms with Gasteiger partial charge >= 0.3 is 0 Å². The van der Waals surface area contributed by atoms with Gasteiger partial charge in [-0.2, -0.15) is 0 Å². The molecule has 0 heteroatoms. The summed E-state index contributed by atoms with van der Waals surface area (Å²) in [7, 11) is 0. The molecule has 0 saturated heterocycles. The molecular formula is C20H16. The highest BCUT2D eigenvalue weighted by molar-refractivity contribution is 5.83. The van der Waals surface area contributed by atoms with Crippen molar-refractivity contribution < 1.29 is 0 Å². The van der Waals surface area contributed by atoms with Crippen LogP contribution in [0, 0.1) is 0 Å². The van der Waals surface area contributed by atoms with Crippen LogP contribution in [0.1, 0.15) is 5.56 Å². The van der Waals surface area contributed by atoms with Gasteiger partial charge < -0.3 is 0 Å². The van der Waals surface area contributed by atoms with Crippen LogP contribution in [0.3, 0.4) is 0 Å². The molecule has 0 fully saturated rings. The average Bonchev–Trinajstić information content (AvgIpc) is 2.56. The first-order valence-corrected chi connectivity index (χ1v) is 6.76. The number of hydrogen-bond acceptors (Lipinski definition) is 0. The molecule has 0 spiro atoms. The molecule has 3 aromatic rings. The van der Waals surface area contributed by atoms with E-state index in [1.165, 1.54) is 22.3 Å². The third-order valence-corrected chi connectivity index (χ3v) is 3.47. The molecule has 0 aliphatic heterocycles. The third-order valence-electron chi connectivity index (χ3n) is 3.47. The van der Waals surface area contributed by atoms with Crippen LogP contribution < -0.4 is 0 Å². The molecule has 0 nitrogen and oxygen atoms in total. The van der Waals surface area contributed by atoms with Gasteiger partial charge in [0.25, 0.3) is 0 Å². The van der Waals surface area contributed by atoms with Crippen LogP contribution in [-0.4, -0.2) is 0 Å². The maximum atomic E-state index is 3.80. The standard InChI is InChI=1S/C20H16/c1-2-16-12-14-18(15-13-16)20-11-7-6-10-19(20)17-8-4-3-5-9-17/h2-15H,1H2. The third kappa shape index (κ3) is 2.41. The van der Waals surface area contributed by atoms with Crippen molar-refractivity contribution >= 4 is 6.08 Å². The van der Waals surface area contributed by atoms with E-state index in [1.54, 1.807) is 0 Å². The highest BCUT2D eigenvalue weighted by Crippen LogP contribution is 2.31. The van der Waals surface area contributed by atoms with Gasteiger partial charge in [0, 0.05) is 0 Å². The maximum absolute atomic E-state index is 3.80. The van der Waals surface area contributed by atoms with Crippen molar-refractivity contribution in [1.82, 2.24) is 0 Å². The minimum absolute atomic E-state index is 1.14. The van der Waals surface area contributed by atoms with E-state index < -0.39 is 0 Å². The van der Waals surface area contributed by atoms with Crippen LogP contribution in [-0.2, 0) is 0 Å². The molecular weight excluding hydrogens is 240 g/mol. The first-order valence-electron chi connectivity index (χ1n) is 6.76. The second-order valence-corrected chi connectivity index (χ2v) is 4.74. The zero-order valence-corrected chi connectivity index (χ0v) is 11.3. The molecule has 3 rings (SSSR count). The zero-order valence-electron chi connectivity index (χ0n) is 11.3. The lowest BCUT2D eigenvalue weighted by atomic mass is 9.94. The van der Waals surface area contributed by atoms with Gasteiger partial charge in [-0.25, -0.2) is 0 Å². The Balaban J connectivity index is 2.12. The molecule has 0 bridgehead atoms. The molecule has 0 aromatic heterocycles. The predicted molar refractivity (Wildman–Crippen MR) is 87.4 cm³/mol. The van der Waals surface area contributed by atoms with Crippen molar-refractivity contribution in [1.29, 1.82) is 0 Å². The quantitative estimate of drug-likeness (QED) is 0.567. The van der Waals surface area contributed by atoms with E-state index in [4.69, 9.17) is 0 Å². The number of hydrogen-bond donors (Lipinski definition) is 0. The molecule has 0 unspecified atom stereocenters. The van der Waals surface area contributed by atoms with Crippen LogP contribution in [0.2, 0.25) is 0 Å². The molecule has 0 saturated carbocycles. The summed E-state index contributed by atoms with van der Waals surface area (Å²) >= 11 is 0. The summed E-state index contributed by atoms with van der Waals surface area (Å²) in [4.78, 5) is 0. The van der Waals surface area contributed by atoms with Gasteiger partial charge in [-0.3, -0.25) is 0 Å². The molecule has 96 valence electrons. The molecule has 0 aliphatic rings. The van der Waals surface area contributed by atoms with Gasteiger partial charge in [0.1, 0.15) is 0 Å². The van der Waals surface area contributed by atoms with E-state index in [-0.39, 0.29) is 0 Å². The Bertz CT molecular complexity index is 707. The van der Waals surface area contributed by atoms with Crippen molar-refractivity contribution in [2.75, 3.05) is 0 Å². The van der Waals surface area contributed by atoms with Crippen molar-refractivity contribution in [2.45, 2.75) is 0 Å². The molecule has 0 amide bonds. The predicted octanol–water partition coefficient (Wildman–Crippen LogP) is 5.66. The Hall–Kier alpha value is -2.60. The first-order chi connectivity index (χ1) is 9.88. The van der Waals surface area contributed by atoms with Crippen molar-refractivity contribution in [2.24, 2.45) is 0 Å². The fraction of sp³-hybridized carbons (Fsp3) is 0. The van der Waals surface area contributed by atoms with Gasteiger partial charge in [0.05, 0.1) is 0 Å². The summed E-state index contributed by atoms with van der Waals surface area (Å²) < 4.78 is 0. The van der Waals surface area contributed by atoms with E-state index in [1.807, 2.05) is 12.1 Å². The van der Waals surface area contributed by atoms with Crippen molar-refractivity contribution in [3.8, 4) is 22.3 Å². The number of rotatable bonds is 3. The number of benzene rings is 3. The summed E-state index contributed by atoms with van der Waals surface area (Å²) in [5.74, 6) is 0. The van der Waals surface area contributed by atoms with E-state index in [0.717, 1.165) is 5.56 Å². The van der Waals surface area contributed by atoms with Gasteiger partial charge in [-0.1, -0.05) is 91.5 Å². The van der Waals surface area contributed by atoms with Crippen LogP contribution in [0.4, 0.5) is 0 Å². The molecule has 3 aromatic carbocycles. The van der Waals surface area contributed by atoms with E-state index in [0.29, 0.717) is 0 Å². The monoisotopic (exact) mass is 256 g/mol. The lowest BCUT2D eigenvalue weighted by Crippen LogP contribution is -1.84. The normalized spacial score (nSPS) is 10.2. The molecule has 0 aliphatic carbocycles. The Morgan fingerprint density at radius 2 is 1.05 bits per heavy atom. The highest BCUT2D eigenvalue weighted by atomic mass is 14.1. The SMILES string of the molecule is C=Cc1ccc(-c2ccccc2-c2ccccc2)cc1. The van der Waals surface area contributed by atoms with Crippen LogP contribution >= 0.6 is 0 Å². The van der Waals surface area contributed by atoms with Gasteiger partial charge in [0.15, 0.2) is 0 Å². The minimum Gasteiger partial charge on any atom is -0.0985 e. The summed E-state index contributed by atoms with van der Waals surface area (Å²) in [5, 5.41) is 0. The summed E-state index contributed by atoms with van der Waals surface area (Å²) in [5.41, 5.74) is 6.14. The van der Waals surface area contributed by atoms with Crippen molar-refractivity contribution in [3.05, 3.63) is 91.0 Å². The zero-order chi connectivity index (χ0) is 13.8. The summed E-state index contributed by atoms with van der Waals surface area (Å²) in [6.45, 7) is 3.80. The van der Waals surface area contributed by atoms with Crippen molar-refractivity contribution in [3.63, 3.8) is 0 Å². The van der Waals surface area contributed by atoms with Crippen LogP contribution in [0.25, 0.3) is 28.3 Å². The van der Waals surface area contributed by atoms with E-state index in [2.05, 4.69) is 79.4 Å². The molecule has 20 heavy (non-hydrogen) atoms. The highest BCUT2D eigenvalue weighted by Gasteiger charge is 2.05. The van der Waals surface area contributed by atoms with Gasteiger partial charge in [-0.15, -0.1) is 0 Å². The van der Waals surface area contributed by atoms with E-state index in [9.17, 15) is 0 Å². The maximum Gasteiger partial charge on any atom is -0.0105 e. The topological polar surface area (TPSA) is 0 Å². The van der Waals surface area contributed by atoms with Crippen LogP contribution in [0.15, 0.2) is 85.4 Å². The first kappa shape index (κ1) is 12.4. The molecule has 0 atom stereocenters. The van der Waals surface area contributed by atoms with Crippen LogP contribution in [0.5, 0.6) is 0 Å². The fourth-order valence-corrected chi connectivity index (χ4v) is 2.40. The molecule has 0 N–H and O–H groups in total. The van der Waals surface area contributed by atoms with Gasteiger partial charge in [0.2, 0.25) is 0 Å². The Morgan fingerprint density at radius 1 is 0.550 bits per heavy atom. The smallest absolute Gasteiger partial charge is 0.0105 e. The lowest BCUT2D eigenvalue weighted by Gasteiger charge is -2.10. The second-order valence-electron chi connectivity index (χ2n) is 4.74. The lowest BCUT2D eigenvalue weighted by molar-refractivity contribution is 1.57.